The summed E-state index contributed by atoms with van der Waals surface area (Å²) < 4.78 is 24.1. The lowest BCUT2D eigenvalue weighted by molar-refractivity contribution is 0.0453. The molecule has 0 saturated heterocycles. The Morgan fingerprint density at radius 3 is 2.50 bits per heavy atom. The van der Waals surface area contributed by atoms with Gasteiger partial charge in [-0.05, 0) is 42.2 Å². The van der Waals surface area contributed by atoms with Gasteiger partial charge in [0, 0.05) is 26.7 Å². The average Bonchev–Trinajstić information content (AvgIpc) is 2.71. The van der Waals surface area contributed by atoms with Crippen LogP contribution in [0.2, 0.25) is 0 Å². The van der Waals surface area contributed by atoms with Crippen LogP contribution >= 0.6 is 0 Å². The fraction of sp³-hybridized carbons (Fsp3) is 0.409. The first-order valence-corrected chi connectivity index (χ1v) is 9.63. The molecule has 0 atom stereocenters. The SMILES string of the molecule is CCOCCOCc1cccc(CNC(=NC)NCCc2cccc(F)c2)c1. The molecule has 0 aliphatic heterocycles. The van der Waals surface area contributed by atoms with Gasteiger partial charge in [0.2, 0.25) is 0 Å². The Kier molecular flexibility index (Phi) is 10.0. The largest absolute Gasteiger partial charge is 0.379 e. The van der Waals surface area contributed by atoms with E-state index in [0.717, 1.165) is 29.1 Å². The van der Waals surface area contributed by atoms with Crippen molar-refractivity contribution >= 4 is 5.96 Å². The van der Waals surface area contributed by atoms with E-state index in [1.54, 1.807) is 19.2 Å². The minimum atomic E-state index is -0.207. The Morgan fingerprint density at radius 1 is 0.964 bits per heavy atom. The molecule has 2 rings (SSSR count). The van der Waals surface area contributed by atoms with E-state index in [2.05, 4.69) is 33.8 Å². The van der Waals surface area contributed by atoms with Crippen LogP contribution in [0.1, 0.15) is 23.6 Å². The van der Waals surface area contributed by atoms with Crippen molar-refractivity contribution in [2.75, 3.05) is 33.4 Å². The number of hydrogen-bond donors (Lipinski definition) is 2. The molecule has 0 bridgehead atoms. The summed E-state index contributed by atoms with van der Waals surface area (Å²) in [6.07, 6.45) is 0.729. The number of ether oxygens (including phenoxy) is 2. The lowest BCUT2D eigenvalue weighted by Gasteiger charge is -2.13. The van der Waals surface area contributed by atoms with E-state index in [-0.39, 0.29) is 5.82 Å². The van der Waals surface area contributed by atoms with Crippen molar-refractivity contribution in [1.82, 2.24) is 10.6 Å². The molecule has 2 N–H and O–H groups in total. The average molecular weight is 387 g/mol. The van der Waals surface area contributed by atoms with E-state index < -0.39 is 0 Å². The predicted octanol–water partition coefficient (Wildman–Crippen LogP) is 3.29. The molecule has 0 fully saturated rings. The van der Waals surface area contributed by atoms with E-state index in [4.69, 9.17) is 9.47 Å². The summed E-state index contributed by atoms with van der Waals surface area (Å²) in [5, 5.41) is 6.55. The van der Waals surface area contributed by atoms with Crippen LogP contribution in [-0.4, -0.2) is 39.4 Å². The zero-order valence-corrected chi connectivity index (χ0v) is 16.7. The second-order valence-corrected chi connectivity index (χ2v) is 6.30. The highest BCUT2D eigenvalue weighted by Gasteiger charge is 2.01. The van der Waals surface area contributed by atoms with Crippen LogP contribution in [0.4, 0.5) is 4.39 Å². The summed E-state index contributed by atoms with van der Waals surface area (Å²) in [5.41, 5.74) is 3.24. The van der Waals surface area contributed by atoms with Crippen molar-refractivity contribution in [3.8, 4) is 0 Å². The molecule has 5 nitrogen and oxygen atoms in total. The highest BCUT2D eigenvalue weighted by molar-refractivity contribution is 5.79. The number of benzene rings is 2. The molecule has 0 amide bonds. The van der Waals surface area contributed by atoms with Crippen molar-refractivity contribution < 1.29 is 13.9 Å². The smallest absolute Gasteiger partial charge is 0.191 e. The fourth-order valence-electron chi connectivity index (χ4n) is 2.71. The summed E-state index contributed by atoms with van der Waals surface area (Å²) in [7, 11) is 1.74. The topological polar surface area (TPSA) is 54.9 Å². The number of nitrogens with zero attached hydrogens (tertiary/aromatic N) is 1. The van der Waals surface area contributed by atoms with Crippen molar-refractivity contribution in [3.05, 3.63) is 71.0 Å². The van der Waals surface area contributed by atoms with Gasteiger partial charge in [-0.2, -0.15) is 0 Å². The molecule has 0 saturated carbocycles. The molecule has 6 heteroatoms. The summed E-state index contributed by atoms with van der Waals surface area (Å²) >= 11 is 0. The van der Waals surface area contributed by atoms with Crippen LogP contribution in [0.15, 0.2) is 53.5 Å². The van der Waals surface area contributed by atoms with Gasteiger partial charge < -0.3 is 20.1 Å². The number of halogens is 1. The van der Waals surface area contributed by atoms with Gasteiger partial charge in [-0.1, -0.05) is 36.4 Å². The summed E-state index contributed by atoms with van der Waals surface area (Å²) in [5.74, 6) is 0.511. The zero-order chi connectivity index (χ0) is 20.0. The van der Waals surface area contributed by atoms with Crippen molar-refractivity contribution in [3.63, 3.8) is 0 Å². The highest BCUT2D eigenvalue weighted by atomic mass is 19.1. The van der Waals surface area contributed by atoms with E-state index >= 15 is 0 Å². The maximum Gasteiger partial charge on any atom is 0.191 e. The molecule has 0 radical (unpaired) electrons. The van der Waals surface area contributed by atoms with Crippen LogP contribution < -0.4 is 10.6 Å². The van der Waals surface area contributed by atoms with Crippen LogP contribution in [0.5, 0.6) is 0 Å². The number of aliphatic imine (C=N–C) groups is 1. The van der Waals surface area contributed by atoms with E-state index in [9.17, 15) is 4.39 Å². The second kappa shape index (κ2) is 12.9. The third kappa shape index (κ3) is 8.50. The number of hydrogen-bond acceptors (Lipinski definition) is 3. The van der Waals surface area contributed by atoms with E-state index in [1.165, 1.54) is 6.07 Å². The normalized spacial score (nSPS) is 11.5. The summed E-state index contributed by atoms with van der Waals surface area (Å²) in [6.45, 7) is 5.81. The standard InChI is InChI=1S/C22H30FN3O2/c1-3-27-12-13-28-17-20-8-4-7-19(14-20)16-26-22(24-2)25-11-10-18-6-5-9-21(23)15-18/h4-9,14-15H,3,10-13,16-17H2,1-2H3,(H2,24,25,26). The Balaban J connectivity index is 1.72. The minimum absolute atomic E-state index is 0.207. The molecule has 152 valence electrons. The van der Waals surface area contributed by atoms with Crippen LogP contribution in [0, 0.1) is 5.82 Å². The quantitative estimate of drug-likeness (QED) is 0.353. The third-order valence-corrected chi connectivity index (χ3v) is 4.11. The molecule has 0 unspecified atom stereocenters. The first kappa shape index (κ1) is 21.9. The molecule has 0 aromatic heterocycles. The Labute approximate surface area is 167 Å². The zero-order valence-electron chi connectivity index (χ0n) is 16.7. The van der Waals surface area contributed by atoms with Gasteiger partial charge in [0.05, 0.1) is 19.8 Å². The van der Waals surface area contributed by atoms with Crippen LogP contribution in [-0.2, 0) is 29.0 Å². The van der Waals surface area contributed by atoms with Crippen LogP contribution in [0.3, 0.4) is 0 Å². The maximum atomic E-state index is 13.2. The van der Waals surface area contributed by atoms with Gasteiger partial charge >= 0.3 is 0 Å². The van der Waals surface area contributed by atoms with Gasteiger partial charge in [-0.15, -0.1) is 0 Å². The Morgan fingerprint density at radius 2 is 1.71 bits per heavy atom. The van der Waals surface area contributed by atoms with Gasteiger partial charge in [-0.25, -0.2) is 4.39 Å². The van der Waals surface area contributed by atoms with Crippen LogP contribution in [0.25, 0.3) is 0 Å². The van der Waals surface area contributed by atoms with Crippen molar-refractivity contribution in [1.29, 1.82) is 0 Å². The molecular formula is C22H30FN3O2. The molecule has 0 spiro atoms. The minimum Gasteiger partial charge on any atom is -0.379 e. The Hall–Kier alpha value is -2.44. The molecule has 2 aromatic carbocycles. The molecule has 0 aliphatic rings. The second-order valence-electron chi connectivity index (χ2n) is 6.30. The lowest BCUT2D eigenvalue weighted by atomic mass is 10.1. The lowest BCUT2D eigenvalue weighted by Crippen LogP contribution is -2.37. The fourth-order valence-corrected chi connectivity index (χ4v) is 2.71. The summed E-state index contributed by atoms with van der Waals surface area (Å²) in [6, 6.07) is 14.9. The Bertz CT molecular complexity index is 737. The third-order valence-electron chi connectivity index (χ3n) is 4.11. The van der Waals surface area contributed by atoms with E-state index in [1.807, 2.05) is 19.1 Å². The molecule has 2 aromatic rings. The number of rotatable bonds is 11. The first-order valence-electron chi connectivity index (χ1n) is 9.63. The highest BCUT2D eigenvalue weighted by Crippen LogP contribution is 2.07. The number of guanidine groups is 1. The first-order chi connectivity index (χ1) is 13.7. The van der Waals surface area contributed by atoms with Crippen molar-refractivity contribution in [2.45, 2.75) is 26.5 Å². The van der Waals surface area contributed by atoms with E-state index in [0.29, 0.717) is 39.5 Å². The van der Waals surface area contributed by atoms with Gasteiger partial charge in [0.1, 0.15) is 5.82 Å². The number of nitrogens with one attached hydrogen (secondary N) is 2. The molecule has 28 heavy (non-hydrogen) atoms. The van der Waals surface area contributed by atoms with Crippen molar-refractivity contribution in [2.24, 2.45) is 4.99 Å². The molecule has 0 heterocycles. The summed E-state index contributed by atoms with van der Waals surface area (Å²) in [4.78, 5) is 4.23. The van der Waals surface area contributed by atoms with Gasteiger partial charge in [-0.3, -0.25) is 4.99 Å². The maximum absolute atomic E-state index is 13.2. The molecule has 0 aliphatic carbocycles. The molecular weight excluding hydrogens is 357 g/mol. The monoisotopic (exact) mass is 387 g/mol. The van der Waals surface area contributed by atoms with Gasteiger partial charge in [0.25, 0.3) is 0 Å². The predicted molar refractivity (Wildman–Crippen MR) is 111 cm³/mol. The van der Waals surface area contributed by atoms with Gasteiger partial charge in [0.15, 0.2) is 5.96 Å².